The van der Waals surface area contributed by atoms with E-state index in [1.54, 1.807) is 0 Å². The fourth-order valence-corrected chi connectivity index (χ4v) is 2.24. The van der Waals surface area contributed by atoms with Crippen LogP contribution in [0.3, 0.4) is 0 Å². The maximum absolute atomic E-state index is 6.19. The molecule has 3 heteroatoms. The third-order valence-corrected chi connectivity index (χ3v) is 3.31. The molecule has 2 rings (SSSR count). The van der Waals surface area contributed by atoms with Crippen molar-refractivity contribution in [2.45, 2.75) is 39.3 Å². The second-order valence-electron chi connectivity index (χ2n) is 4.77. The van der Waals surface area contributed by atoms with Crippen LogP contribution in [0.2, 0.25) is 0 Å². The Morgan fingerprint density at radius 2 is 2.11 bits per heavy atom. The number of rotatable bonds is 5. The van der Waals surface area contributed by atoms with E-state index in [1.165, 1.54) is 11.1 Å². The number of nitrogens with one attached hydrogen (secondary N) is 1. The fourth-order valence-electron chi connectivity index (χ4n) is 2.24. The van der Waals surface area contributed by atoms with Gasteiger partial charge in [0, 0.05) is 24.9 Å². The summed E-state index contributed by atoms with van der Waals surface area (Å²) < 4.78 is 11.6. The minimum atomic E-state index is 0.306. The average Bonchev–Trinajstić information content (AvgIpc) is 2.41. The van der Waals surface area contributed by atoms with Gasteiger partial charge < -0.3 is 14.8 Å². The quantitative estimate of drug-likeness (QED) is 0.870. The summed E-state index contributed by atoms with van der Waals surface area (Å²) in [6.07, 6.45) is 2.30. The molecule has 1 aromatic carbocycles. The molecular formula is C15H23NO2. The van der Waals surface area contributed by atoms with Crippen LogP contribution < -0.4 is 10.1 Å². The van der Waals surface area contributed by atoms with Crippen LogP contribution in [0.15, 0.2) is 18.2 Å². The van der Waals surface area contributed by atoms with E-state index in [9.17, 15) is 0 Å². The molecule has 0 aliphatic carbocycles. The Bertz CT molecular complexity index is 373. The summed E-state index contributed by atoms with van der Waals surface area (Å²) in [5.74, 6) is 1.06. The molecule has 0 amide bonds. The lowest BCUT2D eigenvalue weighted by atomic mass is 10.1. The summed E-state index contributed by atoms with van der Waals surface area (Å²) in [6.45, 7) is 7.72. The molecule has 1 aromatic rings. The number of hydrogen-bond acceptors (Lipinski definition) is 3. The molecule has 0 radical (unpaired) electrons. The molecule has 1 aliphatic rings. The molecule has 0 bridgehead atoms. The van der Waals surface area contributed by atoms with E-state index in [0.29, 0.717) is 6.10 Å². The molecular weight excluding hydrogens is 226 g/mol. The van der Waals surface area contributed by atoms with E-state index in [2.05, 4.69) is 37.4 Å². The maximum Gasteiger partial charge on any atom is 0.127 e. The van der Waals surface area contributed by atoms with Crippen LogP contribution in [0.1, 0.15) is 30.9 Å². The predicted molar refractivity (Wildman–Crippen MR) is 73.0 cm³/mol. The van der Waals surface area contributed by atoms with Crippen LogP contribution in [0, 0.1) is 6.92 Å². The van der Waals surface area contributed by atoms with Gasteiger partial charge in [-0.1, -0.05) is 25.1 Å². The molecule has 3 nitrogen and oxygen atoms in total. The Labute approximate surface area is 109 Å². The number of ether oxygens (including phenoxy) is 2. The first kappa shape index (κ1) is 13.4. The van der Waals surface area contributed by atoms with Gasteiger partial charge in [0.25, 0.3) is 0 Å². The third kappa shape index (κ3) is 3.47. The Kier molecular flexibility index (Phi) is 5.02. The van der Waals surface area contributed by atoms with Crippen LogP contribution in [0.5, 0.6) is 5.75 Å². The molecule has 1 saturated heterocycles. The first-order valence-electron chi connectivity index (χ1n) is 6.85. The van der Waals surface area contributed by atoms with Crippen LogP contribution in [0.25, 0.3) is 0 Å². The van der Waals surface area contributed by atoms with Crippen molar-refractivity contribution in [3.8, 4) is 5.75 Å². The minimum absolute atomic E-state index is 0.306. The van der Waals surface area contributed by atoms with Gasteiger partial charge in [-0.3, -0.25) is 0 Å². The van der Waals surface area contributed by atoms with Crippen LogP contribution in [-0.2, 0) is 11.3 Å². The molecule has 1 heterocycles. The van der Waals surface area contributed by atoms with E-state index in [0.717, 1.165) is 44.9 Å². The zero-order valence-electron chi connectivity index (χ0n) is 11.4. The molecule has 100 valence electrons. The summed E-state index contributed by atoms with van der Waals surface area (Å²) in [6, 6.07) is 6.35. The monoisotopic (exact) mass is 249 g/mol. The molecule has 18 heavy (non-hydrogen) atoms. The lowest BCUT2D eigenvalue weighted by molar-refractivity contribution is 0.0249. The van der Waals surface area contributed by atoms with Gasteiger partial charge >= 0.3 is 0 Å². The smallest absolute Gasteiger partial charge is 0.127 e. The summed E-state index contributed by atoms with van der Waals surface area (Å²) >= 11 is 0. The summed E-state index contributed by atoms with van der Waals surface area (Å²) in [4.78, 5) is 0. The van der Waals surface area contributed by atoms with E-state index in [-0.39, 0.29) is 0 Å². The predicted octanol–water partition coefficient (Wildman–Crippen LogP) is 2.66. The van der Waals surface area contributed by atoms with Crippen LogP contribution in [-0.4, -0.2) is 25.9 Å². The van der Waals surface area contributed by atoms with Crippen molar-refractivity contribution in [3.63, 3.8) is 0 Å². The largest absolute Gasteiger partial charge is 0.490 e. The highest BCUT2D eigenvalue weighted by atomic mass is 16.5. The van der Waals surface area contributed by atoms with Crippen molar-refractivity contribution >= 4 is 0 Å². The lowest BCUT2D eigenvalue weighted by Gasteiger charge is -2.25. The highest BCUT2D eigenvalue weighted by molar-refractivity contribution is 5.40. The first-order chi connectivity index (χ1) is 8.81. The van der Waals surface area contributed by atoms with E-state index < -0.39 is 0 Å². The van der Waals surface area contributed by atoms with Crippen LogP contribution >= 0.6 is 0 Å². The highest BCUT2D eigenvalue weighted by Crippen LogP contribution is 2.26. The number of aryl methyl sites for hydroxylation is 1. The Balaban J connectivity index is 2.08. The SMILES string of the molecule is CCNCc1cccc(C)c1OC1CCOCC1. The third-order valence-electron chi connectivity index (χ3n) is 3.31. The molecule has 1 fully saturated rings. The summed E-state index contributed by atoms with van der Waals surface area (Å²) in [7, 11) is 0. The zero-order chi connectivity index (χ0) is 12.8. The van der Waals surface area contributed by atoms with Crippen LogP contribution in [0.4, 0.5) is 0 Å². The Morgan fingerprint density at radius 1 is 1.33 bits per heavy atom. The first-order valence-corrected chi connectivity index (χ1v) is 6.85. The highest BCUT2D eigenvalue weighted by Gasteiger charge is 2.17. The fraction of sp³-hybridized carbons (Fsp3) is 0.600. The minimum Gasteiger partial charge on any atom is -0.490 e. The number of para-hydroxylation sites is 1. The van der Waals surface area contributed by atoms with Gasteiger partial charge in [0.05, 0.1) is 13.2 Å². The van der Waals surface area contributed by atoms with Gasteiger partial charge in [-0.2, -0.15) is 0 Å². The molecule has 1 N–H and O–H groups in total. The van der Waals surface area contributed by atoms with Crippen molar-refractivity contribution in [2.75, 3.05) is 19.8 Å². The number of benzene rings is 1. The van der Waals surface area contributed by atoms with Gasteiger partial charge in [0.15, 0.2) is 0 Å². The molecule has 1 aliphatic heterocycles. The lowest BCUT2D eigenvalue weighted by Crippen LogP contribution is -2.27. The summed E-state index contributed by atoms with van der Waals surface area (Å²) in [5, 5.41) is 3.36. The van der Waals surface area contributed by atoms with Gasteiger partial charge in [-0.15, -0.1) is 0 Å². The zero-order valence-corrected chi connectivity index (χ0v) is 11.4. The van der Waals surface area contributed by atoms with Crippen molar-refractivity contribution in [1.82, 2.24) is 5.32 Å². The van der Waals surface area contributed by atoms with Crippen molar-refractivity contribution in [1.29, 1.82) is 0 Å². The standard InChI is InChI=1S/C15H23NO2/c1-3-16-11-13-6-4-5-12(2)15(13)18-14-7-9-17-10-8-14/h4-6,14,16H,3,7-11H2,1-2H3. The average molecular weight is 249 g/mol. The van der Waals surface area contributed by atoms with Gasteiger partial charge in [-0.25, -0.2) is 0 Å². The molecule has 0 unspecified atom stereocenters. The maximum atomic E-state index is 6.19. The Hall–Kier alpha value is -1.06. The van der Waals surface area contributed by atoms with Crippen molar-refractivity contribution < 1.29 is 9.47 Å². The van der Waals surface area contributed by atoms with E-state index in [4.69, 9.17) is 9.47 Å². The van der Waals surface area contributed by atoms with Crippen molar-refractivity contribution in [2.24, 2.45) is 0 Å². The number of hydrogen-bond donors (Lipinski definition) is 1. The summed E-state index contributed by atoms with van der Waals surface area (Å²) in [5.41, 5.74) is 2.47. The van der Waals surface area contributed by atoms with Gasteiger partial charge in [0.1, 0.15) is 11.9 Å². The molecule has 0 atom stereocenters. The van der Waals surface area contributed by atoms with E-state index >= 15 is 0 Å². The molecule has 0 spiro atoms. The van der Waals surface area contributed by atoms with Gasteiger partial charge in [0.2, 0.25) is 0 Å². The molecule has 0 saturated carbocycles. The Morgan fingerprint density at radius 3 is 2.83 bits per heavy atom. The second-order valence-corrected chi connectivity index (χ2v) is 4.77. The second kappa shape index (κ2) is 6.76. The van der Waals surface area contributed by atoms with Gasteiger partial charge in [-0.05, 0) is 19.0 Å². The normalized spacial score (nSPS) is 16.8. The van der Waals surface area contributed by atoms with Crippen molar-refractivity contribution in [3.05, 3.63) is 29.3 Å². The topological polar surface area (TPSA) is 30.5 Å². The van der Waals surface area contributed by atoms with E-state index in [1.807, 2.05) is 0 Å². The molecule has 0 aromatic heterocycles.